The number of aliphatic hydroxyl groups excluding tert-OH is 3. The summed E-state index contributed by atoms with van der Waals surface area (Å²) >= 11 is 0. The molecule has 0 aromatic rings. The van der Waals surface area contributed by atoms with Gasteiger partial charge in [0.05, 0.1) is 6.10 Å². The minimum absolute atomic E-state index is 0.134. The van der Waals surface area contributed by atoms with Gasteiger partial charge in [-0.1, -0.05) is 0 Å². The van der Waals surface area contributed by atoms with E-state index >= 15 is 0 Å². The molecule has 0 rings (SSSR count). The van der Waals surface area contributed by atoms with Gasteiger partial charge in [-0.05, 0) is 13.8 Å². The summed E-state index contributed by atoms with van der Waals surface area (Å²) in [5.41, 5.74) is -2.94. The normalized spacial score (nSPS) is 17.4. The van der Waals surface area contributed by atoms with Crippen molar-refractivity contribution in [3.63, 3.8) is 0 Å². The predicted octanol–water partition coefficient (Wildman–Crippen LogP) is -2.03. The van der Waals surface area contributed by atoms with E-state index in [-0.39, 0.29) is 4.90 Å². The first-order chi connectivity index (χ1) is 10.3. The summed E-state index contributed by atoms with van der Waals surface area (Å²) in [5, 5.41) is 29.6. The lowest BCUT2D eigenvalue weighted by molar-refractivity contribution is -0.178. The molecule has 0 heterocycles. The smallest absolute Gasteiger partial charge is 0.234 e. The van der Waals surface area contributed by atoms with E-state index < -0.39 is 53.0 Å². The summed E-state index contributed by atoms with van der Waals surface area (Å²) in [6.45, 7) is 4.35. The van der Waals surface area contributed by atoms with Gasteiger partial charge in [0.25, 0.3) is 0 Å². The summed E-state index contributed by atoms with van der Waals surface area (Å²) in [6.07, 6.45) is -6.06. The minimum Gasteiger partial charge on any atom is -0.391 e. The summed E-state index contributed by atoms with van der Waals surface area (Å²) in [6, 6.07) is 0. The first-order valence-corrected chi connectivity index (χ1v) is 6.75. The molecule has 0 saturated heterocycles. The van der Waals surface area contributed by atoms with Gasteiger partial charge in [-0.25, -0.2) is 0 Å². The second-order valence-corrected chi connectivity index (χ2v) is 5.26. The van der Waals surface area contributed by atoms with Crippen molar-refractivity contribution in [3.8, 4) is 0 Å². The number of hydrogen-bond acceptors (Lipinski definition) is 8. The van der Waals surface area contributed by atoms with Crippen molar-refractivity contribution in [2.45, 2.75) is 58.5 Å². The Balaban J connectivity index is 6.72. The molecule has 2 amide bonds. The molecule has 0 bridgehead atoms. The third-order valence-electron chi connectivity index (χ3n) is 3.43. The number of hydrogen-bond donors (Lipinski definition) is 3. The fourth-order valence-corrected chi connectivity index (χ4v) is 2.39. The third-order valence-corrected chi connectivity index (χ3v) is 3.43. The highest BCUT2D eigenvalue weighted by Crippen LogP contribution is 2.28. The van der Waals surface area contributed by atoms with Crippen molar-refractivity contribution in [2.24, 2.45) is 0 Å². The van der Waals surface area contributed by atoms with Gasteiger partial charge in [0.1, 0.15) is 12.2 Å². The standard InChI is InChI=1S/C14H21NO8/c1-6(16)11(21)13(23)14(8(3)18,12(22)7(2)17)15(9(4)19)10(5)20/h6,11,13,16,21,23H,1-5H3/t6-,11+,13+,14+/m1/s1. The molecule has 23 heavy (non-hydrogen) atoms. The summed E-state index contributed by atoms with van der Waals surface area (Å²) < 4.78 is 0. The van der Waals surface area contributed by atoms with Crippen LogP contribution >= 0.6 is 0 Å². The Morgan fingerprint density at radius 1 is 0.870 bits per heavy atom. The van der Waals surface area contributed by atoms with Gasteiger partial charge in [-0.15, -0.1) is 0 Å². The van der Waals surface area contributed by atoms with Crippen LogP contribution in [0.25, 0.3) is 0 Å². The summed E-state index contributed by atoms with van der Waals surface area (Å²) in [5.74, 6) is -6.11. The summed E-state index contributed by atoms with van der Waals surface area (Å²) in [4.78, 5) is 59.8. The Morgan fingerprint density at radius 3 is 1.48 bits per heavy atom. The molecular formula is C14H21NO8. The number of rotatable bonds is 7. The molecule has 0 radical (unpaired) electrons. The van der Waals surface area contributed by atoms with Crippen molar-refractivity contribution in [1.29, 1.82) is 0 Å². The Hall–Kier alpha value is -1.97. The van der Waals surface area contributed by atoms with Gasteiger partial charge in [-0.3, -0.25) is 28.9 Å². The lowest BCUT2D eigenvalue weighted by Crippen LogP contribution is -2.73. The van der Waals surface area contributed by atoms with Crippen LogP contribution in [-0.4, -0.2) is 73.2 Å². The van der Waals surface area contributed by atoms with E-state index in [0.29, 0.717) is 0 Å². The molecule has 0 aliphatic carbocycles. The van der Waals surface area contributed by atoms with E-state index in [9.17, 15) is 39.3 Å². The van der Waals surface area contributed by atoms with Crippen LogP contribution in [0.1, 0.15) is 34.6 Å². The fourth-order valence-electron chi connectivity index (χ4n) is 2.39. The molecule has 130 valence electrons. The molecule has 9 nitrogen and oxygen atoms in total. The number of nitrogens with zero attached hydrogens (tertiary/aromatic N) is 1. The van der Waals surface area contributed by atoms with E-state index in [0.717, 1.165) is 34.6 Å². The van der Waals surface area contributed by atoms with Gasteiger partial charge in [0.2, 0.25) is 23.1 Å². The molecule has 0 aliphatic rings. The number of imide groups is 1. The van der Waals surface area contributed by atoms with E-state index in [2.05, 4.69) is 0 Å². The van der Waals surface area contributed by atoms with E-state index in [1.807, 2.05) is 0 Å². The topological polar surface area (TPSA) is 149 Å². The molecule has 0 aromatic heterocycles. The number of Topliss-reactive ketones (excluding diaryl/α,β-unsaturated/α-hetero) is 3. The van der Waals surface area contributed by atoms with Crippen molar-refractivity contribution < 1.29 is 39.3 Å². The number of amides is 2. The van der Waals surface area contributed by atoms with Crippen LogP contribution < -0.4 is 0 Å². The summed E-state index contributed by atoms with van der Waals surface area (Å²) in [7, 11) is 0. The quantitative estimate of drug-likeness (QED) is 0.357. The molecule has 3 N–H and O–H groups in total. The van der Waals surface area contributed by atoms with Gasteiger partial charge >= 0.3 is 0 Å². The third kappa shape index (κ3) is 3.69. The van der Waals surface area contributed by atoms with Crippen molar-refractivity contribution >= 4 is 29.2 Å². The lowest BCUT2D eigenvalue weighted by atomic mass is 9.77. The minimum atomic E-state index is -2.94. The SMILES string of the molecule is CC(=O)C(=O)[C@@](C(C)=O)([C@@H](O)[C@@H](O)[C@@H](C)O)N(C(C)=O)C(C)=O. The van der Waals surface area contributed by atoms with Crippen LogP contribution in [-0.2, 0) is 24.0 Å². The van der Waals surface area contributed by atoms with Crippen LogP contribution in [0.3, 0.4) is 0 Å². The first-order valence-electron chi connectivity index (χ1n) is 6.75. The Kier molecular flexibility index (Phi) is 6.89. The van der Waals surface area contributed by atoms with Crippen LogP contribution in [0.15, 0.2) is 0 Å². The van der Waals surface area contributed by atoms with Crippen LogP contribution in [0.4, 0.5) is 0 Å². The maximum absolute atomic E-state index is 12.4. The van der Waals surface area contributed by atoms with Gasteiger partial charge in [-0.2, -0.15) is 0 Å². The first kappa shape index (κ1) is 21.0. The van der Waals surface area contributed by atoms with Gasteiger partial charge < -0.3 is 15.3 Å². The fraction of sp³-hybridized carbons (Fsp3) is 0.643. The molecule has 0 aliphatic heterocycles. The van der Waals surface area contributed by atoms with Crippen LogP contribution in [0.5, 0.6) is 0 Å². The van der Waals surface area contributed by atoms with Crippen LogP contribution in [0, 0.1) is 0 Å². The maximum Gasteiger partial charge on any atom is 0.234 e. The molecule has 0 fully saturated rings. The molecule has 0 aromatic carbocycles. The highest BCUT2D eigenvalue weighted by Gasteiger charge is 2.60. The van der Waals surface area contributed by atoms with E-state index in [1.165, 1.54) is 0 Å². The van der Waals surface area contributed by atoms with Crippen LogP contribution in [0.2, 0.25) is 0 Å². The predicted molar refractivity (Wildman–Crippen MR) is 76.0 cm³/mol. The zero-order valence-corrected chi connectivity index (χ0v) is 13.6. The number of carbonyl (C=O) groups excluding carboxylic acids is 5. The monoisotopic (exact) mass is 331 g/mol. The maximum atomic E-state index is 12.4. The Morgan fingerprint density at radius 2 is 1.26 bits per heavy atom. The van der Waals surface area contributed by atoms with Gasteiger partial charge in [0.15, 0.2) is 11.6 Å². The molecule has 9 heteroatoms. The van der Waals surface area contributed by atoms with Crippen molar-refractivity contribution in [2.75, 3.05) is 0 Å². The zero-order chi connectivity index (χ0) is 18.7. The van der Waals surface area contributed by atoms with Gasteiger partial charge in [0, 0.05) is 20.8 Å². The highest BCUT2D eigenvalue weighted by atomic mass is 16.4. The molecule has 0 unspecified atom stereocenters. The molecule has 0 saturated carbocycles. The second kappa shape index (κ2) is 7.53. The molecule has 0 spiro atoms. The van der Waals surface area contributed by atoms with Crippen molar-refractivity contribution in [3.05, 3.63) is 0 Å². The average Bonchev–Trinajstić information content (AvgIpc) is 2.40. The number of aliphatic hydroxyl groups is 3. The zero-order valence-electron chi connectivity index (χ0n) is 13.6. The molecule has 4 atom stereocenters. The lowest BCUT2D eigenvalue weighted by Gasteiger charge is -2.42. The number of ketones is 3. The Labute approximate surface area is 132 Å². The molecular weight excluding hydrogens is 310 g/mol. The van der Waals surface area contributed by atoms with E-state index in [1.54, 1.807) is 0 Å². The Bertz CT molecular complexity index is 527. The van der Waals surface area contributed by atoms with Crippen molar-refractivity contribution in [1.82, 2.24) is 4.90 Å². The highest BCUT2D eigenvalue weighted by molar-refractivity contribution is 6.45. The van der Waals surface area contributed by atoms with E-state index in [4.69, 9.17) is 0 Å². The number of carbonyl (C=O) groups is 5. The average molecular weight is 331 g/mol. The second-order valence-electron chi connectivity index (χ2n) is 5.26. The largest absolute Gasteiger partial charge is 0.391 e.